The van der Waals surface area contributed by atoms with Gasteiger partial charge in [-0.15, -0.1) is 5.10 Å². The second kappa shape index (κ2) is 3.37. The van der Waals surface area contributed by atoms with Gasteiger partial charge in [-0.25, -0.2) is 0 Å². The molecule has 0 unspecified atom stereocenters. The molecule has 0 N–H and O–H groups in total. The zero-order valence-corrected chi connectivity index (χ0v) is 7.47. The highest BCUT2D eigenvalue weighted by molar-refractivity contribution is 5.83. The highest BCUT2D eigenvalue weighted by atomic mass is 16.5. The van der Waals surface area contributed by atoms with Crippen LogP contribution in [0.2, 0.25) is 0 Å². The van der Waals surface area contributed by atoms with Crippen molar-refractivity contribution in [2.75, 3.05) is 0 Å². The summed E-state index contributed by atoms with van der Waals surface area (Å²) in [6.45, 7) is 1.83. The lowest BCUT2D eigenvalue weighted by Gasteiger charge is -1.94. The van der Waals surface area contributed by atoms with Crippen molar-refractivity contribution < 1.29 is 9.32 Å². The highest BCUT2D eigenvalue weighted by Crippen LogP contribution is 2.18. The van der Waals surface area contributed by atoms with Crippen LogP contribution in [0.15, 0.2) is 22.9 Å². The van der Waals surface area contributed by atoms with Crippen molar-refractivity contribution in [3.05, 3.63) is 29.6 Å². The van der Waals surface area contributed by atoms with Crippen molar-refractivity contribution in [2.45, 2.75) is 6.92 Å². The molecular formula is C9H7N3O2. The molecule has 0 bridgehead atoms. The monoisotopic (exact) mass is 189 g/mol. The standard InChI is InChI=1S/C9H7N3O2/c1-6-2-3-8(12-11-6)9-7(5-13)4-10-14-9/h2-5H,1H3. The third-order valence-corrected chi connectivity index (χ3v) is 1.76. The van der Waals surface area contributed by atoms with E-state index in [-0.39, 0.29) is 0 Å². The fourth-order valence-electron chi connectivity index (χ4n) is 1.05. The Kier molecular flexibility index (Phi) is 2.06. The van der Waals surface area contributed by atoms with Gasteiger partial charge in [0.1, 0.15) is 5.69 Å². The number of carbonyl (C=O) groups excluding carboxylic acids is 1. The first kappa shape index (κ1) is 8.55. The van der Waals surface area contributed by atoms with Crippen LogP contribution in [0.5, 0.6) is 0 Å². The molecule has 2 rings (SSSR count). The normalized spacial score (nSPS) is 10.1. The number of rotatable bonds is 2. The average Bonchev–Trinajstić information content (AvgIpc) is 2.67. The number of nitrogens with zero attached hydrogens (tertiary/aromatic N) is 3. The Balaban J connectivity index is 2.49. The van der Waals surface area contributed by atoms with Crippen LogP contribution >= 0.6 is 0 Å². The zero-order valence-electron chi connectivity index (χ0n) is 7.47. The van der Waals surface area contributed by atoms with E-state index in [1.54, 1.807) is 12.1 Å². The van der Waals surface area contributed by atoms with Crippen molar-refractivity contribution >= 4 is 6.29 Å². The van der Waals surface area contributed by atoms with Gasteiger partial charge >= 0.3 is 0 Å². The number of aromatic nitrogens is 3. The molecule has 0 aliphatic carbocycles. The molecule has 2 aromatic rings. The van der Waals surface area contributed by atoms with Crippen LogP contribution in [0, 0.1) is 6.92 Å². The Labute approximate surface area is 79.8 Å². The number of carbonyl (C=O) groups is 1. The molecule has 2 heterocycles. The van der Waals surface area contributed by atoms with Crippen LogP contribution in [0.25, 0.3) is 11.5 Å². The summed E-state index contributed by atoms with van der Waals surface area (Å²) in [5.41, 5.74) is 1.69. The Morgan fingerprint density at radius 3 is 2.86 bits per heavy atom. The topological polar surface area (TPSA) is 68.9 Å². The molecule has 0 fully saturated rings. The zero-order chi connectivity index (χ0) is 9.97. The molecule has 0 amide bonds. The van der Waals surface area contributed by atoms with Crippen molar-refractivity contribution in [2.24, 2.45) is 0 Å². The molecular weight excluding hydrogens is 182 g/mol. The molecule has 14 heavy (non-hydrogen) atoms. The van der Waals surface area contributed by atoms with Crippen molar-refractivity contribution in [3.8, 4) is 11.5 Å². The number of aldehydes is 1. The first-order valence-electron chi connectivity index (χ1n) is 4.02. The van der Waals surface area contributed by atoms with Gasteiger partial charge in [0.05, 0.1) is 17.5 Å². The van der Waals surface area contributed by atoms with Gasteiger partial charge in [-0.1, -0.05) is 5.16 Å². The largest absolute Gasteiger partial charge is 0.354 e. The molecule has 0 spiro atoms. The molecule has 70 valence electrons. The summed E-state index contributed by atoms with van der Waals surface area (Å²) >= 11 is 0. The van der Waals surface area contributed by atoms with Gasteiger partial charge in [0.15, 0.2) is 12.0 Å². The van der Waals surface area contributed by atoms with Crippen LogP contribution in [0.4, 0.5) is 0 Å². The van der Waals surface area contributed by atoms with Gasteiger partial charge in [0, 0.05) is 0 Å². The molecule has 0 saturated carbocycles. The van der Waals surface area contributed by atoms with Crippen molar-refractivity contribution in [3.63, 3.8) is 0 Å². The fourth-order valence-corrected chi connectivity index (χ4v) is 1.05. The minimum atomic E-state index is 0.354. The average molecular weight is 189 g/mol. The summed E-state index contributed by atoms with van der Waals surface area (Å²) in [6, 6.07) is 3.52. The smallest absolute Gasteiger partial charge is 0.197 e. The Morgan fingerprint density at radius 1 is 1.36 bits per heavy atom. The molecule has 0 aromatic carbocycles. The van der Waals surface area contributed by atoms with E-state index in [9.17, 15) is 4.79 Å². The van der Waals surface area contributed by atoms with Crippen LogP contribution in [0.3, 0.4) is 0 Å². The Bertz CT molecular complexity index is 447. The summed E-state index contributed by atoms with van der Waals surface area (Å²) in [5, 5.41) is 11.3. The summed E-state index contributed by atoms with van der Waals surface area (Å²) in [4.78, 5) is 10.6. The maximum atomic E-state index is 10.6. The van der Waals surface area contributed by atoms with Crippen LogP contribution in [0.1, 0.15) is 16.1 Å². The summed E-state index contributed by atoms with van der Waals surface area (Å²) in [6.07, 6.45) is 2.03. The molecule has 0 radical (unpaired) electrons. The van der Waals surface area contributed by atoms with Gasteiger partial charge in [0.25, 0.3) is 0 Å². The summed E-state index contributed by atoms with van der Waals surface area (Å²) in [5.74, 6) is 0.354. The van der Waals surface area contributed by atoms with Gasteiger partial charge in [-0.2, -0.15) is 5.10 Å². The number of aryl methyl sites for hydroxylation is 1. The third-order valence-electron chi connectivity index (χ3n) is 1.76. The SMILES string of the molecule is Cc1ccc(-c2oncc2C=O)nn1. The second-order valence-corrected chi connectivity index (χ2v) is 2.79. The molecule has 2 aromatic heterocycles. The van der Waals surface area contributed by atoms with Gasteiger partial charge in [0.2, 0.25) is 0 Å². The van der Waals surface area contributed by atoms with E-state index in [2.05, 4.69) is 15.4 Å². The quantitative estimate of drug-likeness (QED) is 0.665. The predicted molar refractivity (Wildman–Crippen MR) is 47.7 cm³/mol. The van der Waals surface area contributed by atoms with Crippen molar-refractivity contribution in [1.82, 2.24) is 15.4 Å². The van der Waals surface area contributed by atoms with E-state index in [1.807, 2.05) is 6.92 Å². The first-order valence-corrected chi connectivity index (χ1v) is 4.02. The van der Waals surface area contributed by atoms with E-state index < -0.39 is 0 Å². The van der Waals surface area contributed by atoms with E-state index >= 15 is 0 Å². The lowest BCUT2D eigenvalue weighted by molar-refractivity contribution is 0.112. The van der Waals surface area contributed by atoms with E-state index in [1.165, 1.54) is 6.20 Å². The van der Waals surface area contributed by atoms with Crippen LogP contribution in [-0.2, 0) is 0 Å². The lowest BCUT2D eigenvalue weighted by Crippen LogP contribution is -1.90. The highest BCUT2D eigenvalue weighted by Gasteiger charge is 2.11. The predicted octanol–water partition coefficient (Wildman–Crippen LogP) is 1.25. The summed E-state index contributed by atoms with van der Waals surface area (Å²) in [7, 11) is 0. The molecule has 0 aliphatic heterocycles. The van der Waals surface area contributed by atoms with Gasteiger partial charge in [-0.05, 0) is 19.1 Å². The first-order chi connectivity index (χ1) is 6.81. The number of hydrogen-bond acceptors (Lipinski definition) is 5. The molecule has 0 aliphatic rings. The molecule has 0 atom stereocenters. The fraction of sp³-hybridized carbons (Fsp3) is 0.111. The van der Waals surface area contributed by atoms with E-state index in [0.29, 0.717) is 23.3 Å². The minimum absolute atomic E-state index is 0.354. The van der Waals surface area contributed by atoms with Crippen molar-refractivity contribution in [1.29, 1.82) is 0 Å². The third kappa shape index (κ3) is 1.39. The van der Waals surface area contributed by atoms with Crippen LogP contribution in [-0.4, -0.2) is 21.6 Å². The van der Waals surface area contributed by atoms with Crippen LogP contribution < -0.4 is 0 Å². The molecule has 5 nitrogen and oxygen atoms in total. The van der Waals surface area contributed by atoms with Gasteiger partial charge in [-0.3, -0.25) is 4.79 Å². The van der Waals surface area contributed by atoms with E-state index in [4.69, 9.17) is 4.52 Å². The molecule has 5 heteroatoms. The van der Waals surface area contributed by atoms with E-state index in [0.717, 1.165) is 5.69 Å². The maximum Gasteiger partial charge on any atom is 0.197 e. The Morgan fingerprint density at radius 2 is 2.21 bits per heavy atom. The minimum Gasteiger partial charge on any atom is -0.354 e. The number of hydrogen-bond donors (Lipinski definition) is 0. The summed E-state index contributed by atoms with van der Waals surface area (Å²) < 4.78 is 4.90. The van der Waals surface area contributed by atoms with Gasteiger partial charge < -0.3 is 4.52 Å². The second-order valence-electron chi connectivity index (χ2n) is 2.79. The lowest BCUT2D eigenvalue weighted by atomic mass is 10.2. The molecule has 0 saturated heterocycles. The Hall–Kier alpha value is -2.04. The maximum absolute atomic E-state index is 10.6.